The van der Waals surface area contributed by atoms with E-state index < -0.39 is 0 Å². The first-order chi connectivity index (χ1) is 7.33. The molecule has 0 aromatic carbocycles. The molecule has 1 aromatic rings. The Hall–Kier alpha value is -0.870. The Balaban J connectivity index is 0.000000963. The largest absolute Gasteiger partial charge is 0.488 e. The summed E-state index contributed by atoms with van der Waals surface area (Å²) < 4.78 is 18.6. The summed E-state index contributed by atoms with van der Waals surface area (Å²) in [5.74, 6) is 1.39. The Morgan fingerprint density at radius 3 is 2.69 bits per heavy atom. The summed E-state index contributed by atoms with van der Waals surface area (Å²) in [6.45, 7) is 2.04. The standard InChI is InChI=1S/C11H13FN2O.ClH/c12-9-2-10(6-14-5-9)15-11-7-1-8(11)4-13-3-7;/h2,5-8,11,13H,1,3-4H2;1H/t7-,8+,11?;. The van der Waals surface area contributed by atoms with E-state index in [1.165, 1.54) is 18.7 Å². The first-order valence-corrected chi connectivity index (χ1v) is 5.31. The third kappa shape index (κ3) is 1.99. The Bertz CT molecular complexity index is 363. The summed E-state index contributed by atoms with van der Waals surface area (Å²) >= 11 is 0. The minimum atomic E-state index is -0.338. The van der Waals surface area contributed by atoms with Crippen LogP contribution in [0.2, 0.25) is 0 Å². The number of nitrogens with one attached hydrogen (secondary N) is 1. The van der Waals surface area contributed by atoms with E-state index in [9.17, 15) is 4.39 Å². The van der Waals surface area contributed by atoms with Gasteiger partial charge in [0.15, 0.2) is 0 Å². The Kier molecular flexibility index (Phi) is 3.30. The molecular weight excluding hydrogens is 231 g/mol. The van der Waals surface area contributed by atoms with E-state index in [2.05, 4.69) is 10.3 Å². The van der Waals surface area contributed by atoms with Crippen molar-refractivity contribution < 1.29 is 9.13 Å². The monoisotopic (exact) mass is 244 g/mol. The third-order valence-electron chi connectivity index (χ3n) is 3.30. The van der Waals surface area contributed by atoms with E-state index >= 15 is 0 Å². The van der Waals surface area contributed by atoms with E-state index in [1.807, 2.05) is 0 Å². The molecule has 1 aliphatic heterocycles. The van der Waals surface area contributed by atoms with E-state index in [-0.39, 0.29) is 24.3 Å². The van der Waals surface area contributed by atoms with Gasteiger partial charge in [-0.25, -0.2) is 4.39 Å². The second-order valence-electron chi connectivity index (χ2n) is 4.34. The lowest BCUT2D eigenvalue weighted by molar-refractivity contribution is -0.0449. The van der Waals surface area contributed by atoms with Gasteiger partial charge in [-0.3, -0.25) is 4.98 Å². The first-order valence-electron chi connectivity index (χ1n) is 5.31. The highest BCUT2D eigenvalue weighted by atomic mass is 35.5. The smallest absolute Gasteiger partial charge is 0.145 e. The van der Waals surface area contributed by atoms with Gasteiger partial charge in [0.05, 0.1) is 12.4 Å². The Labute approximate surface area is 99.8 Å². The lowest BCUT2D eigenvalue weighted by Crippen LogP contribution is -2.59. The molecule has 3 atom stereocenters. The van der Waals surface area contributed by atoms with Crippen molar-refractivity contribution in [2.24, 2.45) is 11.8 Å². The minimum Gasteiger partial charge on any atom is -0.488 e. The highest BCUT2D eigenvalue weighted by Gasteiger charge is 2.45. The quantitative estimate of drug-likeness (QED) is 0.859. The van der Waals surface area contributed by atoms with Crippen LogP contribution in [0, 0.1) is 17.7 Å². The van der Waals surface area contributed by atoms with E-state index in [4.69, 9.17) is 4.74 Å². The van der Waals surface area contributed by atoms with Gasteiger partial charge in [0.2, 0.25) is 0 Å². The van der Waals surface area contributed by atoms with Crippen LogP contribution >= 0.6 is 12.4 Å². The van der Waals surface area contributed by atoms with Crippen molar-refractivity contribution in [2.75, 3.05) is 13.1 Å². The second kappa shape index (κ2) is 4.55. The number of fused-ring (bicyclic) bond motifs is 2. The van der Waals surface area contributed by atoms with Crippen LogP contribution in [0.25, 0.3) is 0 Å². The van der Waals surface area contributed by atoms with E-state index in [0.29, 0.717) is 17.6 Å². The minimum absolute atomic E-state index is 0. The van der Waals surface area contributed by atoms with Gasteiger partial charge in [0.25, 0.3) is 0 Å². The SMILES string of the molecule is Cl.Fc1cncc(OC2[C@@H]3CNC[C@H]2C3)c1. The summed E-state index contributed by atoms with van der Waals surface area (Å²) in [6, 6.07) is 1.40. The molecule has 16 heavy (non-hydrogen) atoms. The van der Waals surface area contributed by atoms with Gasteiger partial charge in [-0.2, -0.15) is 0 Å². The first kappa shape index (κ1) is 11.6. The summed E-state index contributed by atoms with van der Waals surface area (Å²) in [5, 5.41) is 3.34. The molecule has 3 nitrogen and oxygen atoms in total. The zero-order chi connectivity index (χ0) is 10.3. The topological polar surface area (TPSA) is 34.1 Å². The van der Waals surface area contributed by atoms with Crippen molar-refractivity contribution in [1.82, 2.24) is 10.3 Å². The molecule has 88 valence electrons. The second-order valence-corrected chi connectivity index (χ2v) is 4.34. The Morgan fingerprint density at radius 1 is 1.31 bits per heavy atom. The number of nitrogens with zero attached hydrogens (tertiary/aromatic N) is 1. The normalized spacial score (nSPS) is 31.2. The van der Waals surface area contributed by atoms with Crippen molar-refractivity contribution in [2.45, 2.75) is 12.5 Å². The summed E-state index contributed by atoms with van der Waals surface area (Å²) in [6.07, 6.45) is 4.26. The van der Waals surface area contributed by atoms with Crippen molar-refractivity contribution in [3.63, 3.8) is 0 Å². The maximum absolute atomic E-state index is 12.9. The number of piperidine rings is 2. The summed E-state index contributed by atoms with van der Waals surface area (Å²) in [4.78, 5) is 3.77. The van der Waals surface area contributed by atoms with Gasteiger partial charge in [0, 0.05) is 31.0 Å². The lowest BCUT2D eigenvalue weighted by Gasteiger charge is -2.48. The van der Waals surface area contributed by atoms with Gasteiger partial charge >= 0.3 is 0 Å². The van der Waals surface area contributed by atoms with Crippen molar-refractivity contribution in [1.29, 1.82) is 0 Å². The fourth-order valence-electron chi connectivity index (χ4n) is 2.51. The molecular formula is C11H14ClFN2O. The molecule has 0 radical (unpaired) electrons. The molecule has 1 aliphatic carbocycles. The highest BCUT2D eigenvalue weighted by Crippen LogP contribution is 2.39. The number of hydrogen-bond acceptors (Lipinski definition) is 3. The average Bonchev–Trinajstić information content (AvgIpc) is 2.27. The maximum atomic E-state index is 12.9. The third-order valence-corrected chi connectivity index (χ3v) is 3.30. The van der Waals surface area contributed by atoms with Crippen molar-refractivity contribution in [3.05, 3.63) is 24.3 Å². The van der Waals surface area contributed by atoms with Crippen LogP contribution < -0.4 is 10.1 Å². The molecule has 1 unspecified atom stereocenters. The summed E-state index contributed by atoms with van der Waals surface area (Å²) in [5.41, 5.74) is 0. The van der Waals surface area contributed by atoms with Crippen LogP contribution in [0.5, 0.6) is 5.75 Å². The molecule has 1 aromatic heterocycles. The van der Waals surface area contributed by atoms with Crippen LogP contribution in [-0.2, 0) is 0 Å². The molecule has 1 saturated heterocycles. The fourth-order valence-corrected chi connectivity index (χ4v) is 2.51. The molecule has 1 N–H and O–H groups in total. The molecule has 2 heterocycles. The lowest BCUT2D eigenvalue weighted by atomic mass is 9.69. The molecule has 5 heteroatoms. The van der Waals surface area contributed by atoms with Crippen LogP contribution in [0.3, 0.4) is 0 Å². The number of aromatic nitrogens is 1. The Morgan fingerprint density at radius 2 is 2.06 bits per heavy atom. The maximum Gasteiger partial charge on any atom is 0.145 e. The van der Waals surface area contributed by atoms with E-state index in [0.717, 1.165) is 13.1 Å². The molecule has 0 spiro atoms. The van der Waals surface area contributed by atoms with Gasteiger partial charge in [-0.15, -0.1) is 12.4 Å². The zero-order valence-electron chi connectivity index (χ0n) is 8.73. The predicted octanol–water partition coefficient (Wildman–Crippen LogP) is 1.63. The number of pyridine rings is 1. The fraction of sp³-hybridized carbons (Fsp3) is 0.545. The number of rotatable bonds is 2. The van der Waals surface area contributed by atoms with E-state index in [1.54, 1.807) is 6.20 Å². The van der Waals surface area contributed by atoms with Crippen LogP contribution in [0.15, 0.2) is 18.5 Å². The molecule has 0 amide bonds. The van der Waals surface area contributed by atoms with Gasteiger partial charge in [-0.1, -0.05) is 0 Å². The van der Waals surface area contributed by atoms with Gasteiger partial charge in [0.1, 0.15) is 17.7 Å². The molecule has 2 fully saturated rings. The number of halogens is 2. The zero-order valence-corrected chi connectivity index (χ0v) is 9.54. The average molecular weight is 245 g/mol. The van der Waals surface area contributed by atoms with Gasteiger partial charge in [-0.05, 0) is 6.42 Å². The molecule has 2 bridgehead atoms. The highest BCUT2D eigenvalue weighted by molar-refractivity contribution is 5.85. The van der Waals surface area contributed by atoms with Gasteiger partial charge < -0.3 is 10.1 Å². The van der Waals surface area contributed by atoms with Crippen LogP contribution in [-0.4, -0.2) is 24.2 Å². The van der Waals surface area contributed by atoms with Crippen LogP contribution in [0.1, 0.15) is 6.42 Å². The van der Waals surface area contributed by atoms with Crippen molar-refractivity contribution in [3.8, 4) is 5.75 Å². The predicted molar refractivity (Wildman–Crippen MR) is 60.3 cm³/mol. The van der Waals surface area contributed by atoms with Crippen LogP contribution in [0.4, 0.5) is 4.39 Å². The number of ether oxygens (including phenoxy) is 1. The molecule has 1 saturated carbocycles. The van der Waals surface area contributed by atoms with Crippen molar-refractivity contribution >= 4 is 12.4 Å². The number of hydrogen-bond donors (Lipinski definition) is 1. The molecule has 3 rings (SSSR count). The molecule has 2 aliphatic rings. The summed E-state index contributed by atoms with van der Waals surface area (Å²) in [7, 11) is 0.